The number of benzene rings is 1. The van der Waals surface area contributed by atoms with Gasteiger partial charge in [-0.25, -0.2) is 0 Å². The van der Waals surface area contributed by atoms with Gasteiger partial charge in [0.2, 0.25) is 5.91 Å². The highest BCUT2D eigenvalue weighted by molar-refractivity contribution is 5.87. The molecule has 2 rings (SSSR count). The Balaban J connectivity index is 2.11. The van der Waals surface area contributed by atoms with E-state index in [1.165, 1.54) is 0 Å². The highest BCUT2D eigenvalue weighted by Gasteiger charge is 2.29. The molecule has 1 amide bonds. The number of aryl methyl sites for hydroxylation is 2. The van der Waals surface area contributed by atoms with Crippen molar-refractivity contribution < 1.29 is 9.53 Å². The molecule has 0 aliphatic heterocycles. The van der Waals surface area contributed by atoms with Gasteiger partial charge < -0.3 is 10.1 Å². The highest BCUT2D eigenvalue weighted by Crippen LogP contribution is 2.25. The number of hydrogen-bond acceptors (Lipinski definition) is 3. The minimum atomic E-state index is -0.615. The molecule has 5 nitrogen and oxygen atoms in total. The molecule has 5 heteroatoms. The topological polar surface area (TPSA) is 56.1 Å². The van der Waals surface area contributed by atoms with Crippen molar-refractivity contribution in [2.75, 3.05) is 7.11 Å². The second-order valence-electron chi connectivity index (χ2n) is 6.31. The number of amides is 1. The first-order valence-corrected chi connectivity index (χ1v) is 7.69. The van der Waals surface area contributed by atoms with Crippen molar-refractivity contribution in [2.24, 2.45) is 7.05 Å². The lowest BCUT2D eigenvalue weighted by Crippen LogP contribution is -2.39. The third kappa shape index (κ3) is 3.38. The first-order valence-electron chi connectivity index (χ1n) is 7.69. The Hall–Kier alpha value is -2.30. The fourth-order valence-electron chi connectivity index (χ4n) is 2.60. The molecule has 0 aliphatic rings. The summed E-state index contributed by atoms with van der Waals surface area (Å²) in [6.07, 6.45) is 0. The van der Waals surface area contributed by atoms with Gasteiger partial charge in [0.1, 0.15) is 5.75 Å². The second-order valence-corrected chi connectivity index (χ2v) is 6.31. The molecule has 0 bridgehead atoms. The summed E-state index contributed by atoms with van der Waals surface area (Å²) in [6.45, 7) is 8.31. The standard InChI is InChI=1S/C18H25N3O2/c1-12-16(13(2)21(5)20-12)11-19-17(22)18(3,4)14-7-9-15(23-6)10-8-14/h7-10H,11H2,1-6H3,(H,19,22). The zero-order valence-corrected chi connectivity index (χ0v) is 14.7. The van der Waals surface area contributed by atoms with Crippen LogP contribution in [-0.2, 0) is 23.8 Å². The normalized spacial score (nSPS) is 11.4. The van der Waals surface area contributed by atoms with E-state index in [0.717, 1.165) is 28.3 Å². The van der Waals surface area contributed by atoms with Gasteiger partial charge in [-0.3, -0.25) is 9.48 Å². The lowest BCUT2D eigenvalue weighted by atomic mass is 9.83. The summed E-state index contributed by atoms with van der Waals surface area (Å²) in [5.41, 5.74) is 3.44. The molecule has 2 aromatic rings. The molecule has 0 saturated carbocycles. The van der Waals surface area contributed by atoms with Crippen molar-refractivity contribution in [3.05, 3.63) is 46.8 Å². The average Bonchev–Trinajstić information content (AvgIpc) is 2.77. The Morgan fingerprint density at radius 2 is 1.87 bits per heavy atom. The van der Waals surface area contributed by atoms with Gasteiger partial charge in [0, 0.05) is 24.8 Å². The Kier molecular flexibility index (Phi) is 4.78. The van der Waals surface area contributed by atoms with Crippen LogP contribution in [-0.4, -0.2) is 22.8 Å². The van der Waals surface area contributed by atoms with Crippen molar-refractivity contribution >= 4 is 5.91 Å². The number of aromatic nitrogens is 2. The Morgan fingerprint density at radius 3 is 2.35 bits per heavy atom. The van der Waals surface area contributed by atoms with Gasteiger partial charge in [-0.2, -0.15) is 5.10 Å². The Labute approximate surface area is 137 Å². The Bertz CT molecular complexity index is 700. The maximum absolute atomic E-state index is 12.7. The van der Waals surface area contributed by atoms with E-state index in [2.05, 4.69) is 10.4 Å². The zero-order valence-electron chi connectivity index (χ0n) is 14.7. The lowest BCUT2D eigenvalue weighted by Gasteiger charge is -2.24. The molecule has 1 heterocycles. The summed E-state index contributed by atoms with van der Waals surface area (Å²) in [7, 11) is 3.54. The highest BCUT2D eigenvalue weighted by atomic mass is 16.5. The van der Waals surface area contributed by atoms with Crippen molar-refractivity contribution in [3.63, 3.8) is 0 Å². The summed E-state index contributed by atoms with van der Waals surface area (Å²) in [4.78, 5) is 12.7. The molecule has 0 spiro atoms. The summed E-state index contributed by atoms with van der Waals surface area (Å²) < 4.78 is 7.01. The number of nitrogens with one attached hydrogen (secondary N) is 1. The number of nitrogens with zero attached hydrogens (tertiary/aromatic N) is 2. The molecule has 23 heavy (non-hydrogen) atoms. The summed E-state index contributed by atoms with van der Waals surface area (Å²) in [6, 6.07) is 7.61. The monoisotopic (exact) mass is 315 g/mol. The number of rotatable bonds is 5. The minimum absolute atomic E-state index is 0.00896. The third-order valence-corrected chi connectivity index (χ3v) is 4.46. The fourth-order valence-corrected chi connectivity index (χ4v) is 2.60. The number of carbonyl (C=O) groups is 1. The van der Waals surface area contributed by atoms with E-state index in [-0.39, 0.29) is 5.91 Å². The van der Waals surface area contributed by atoms with E-state index in [4.69, 9.17) is 4.74 Å². The van der Waals surface area contributed by atoms with Gasteiger partial charge in [0.05, 0.1) is 18.2 Å². The van der Waals surface area contributed by atoms with Crippen LogP contribution in [0.4, 0.5) is 0 Å². The van der Waals surface area contributed by atoms with Crippen molar-refractivity contribution in [3.8, 4) is 5.75 Å². The number of carbonyl (C=O) groups excluding carboxylic acids is 1. The van der Waals surface area contributed by atoms with Crippen LogP contribution in [0.15, 0.2) is 24.3 Å². The fraction of sp³-hybridized carbons (Fsp3) is 0.444. The van der Waals surface area contributed by atoms with Gasteiger partial charge in [-0.05, 0) is 45.4 Å². The van der Waals surface area contributed by atoms with E-state index in [1.54, 1.807) is 7.11 Å². The van der Waals surface area contributed by atoms with Crippen LogP contribution in [0.2, 0.25) is 0 Å². The largest absolute Gasteiger partial charge is 0.497 e. The van der Waals surface area contributed by atoms with Gasteiger partial charge in [0.15, 0.2) is 0 Å². The van der Waals surface area contributed by atoms with Crippen molar-refractivity contribution in [2.45, 2.75) is 39.7 Å². The van der Waals surface area contributed by atoms with Gasteiger partial charge in [0.25, 0.3) is 0 Å². The van der Waals surface area contributed by atoms with E-state index < -0.39 is 5.41 Å². The third-order valence-electron chi connectivity index (χ3n) is 4.46. The smallest absolute Gasteiger partial charge is 0.230 e. The van der Waals surface area contributed by atoms with Crippen LogP contribution < -0.4 is 10.1 Å². The summed E-state index contributed by atoms with van der Waals surface area (Å²) in [5.74, 6) is 0.775. The molecule has 0 unspecified atom stereocenters. The molecule has 0 saturated heterocycles. The Morgan fingerprint density at radius 1 is 1.26 bits per heavy atom. The zero-order chi connectivity index (χ0) is 17.2. The number of methoxy groups -OCH3 is 1. The van der Waals surface area contributed by atoms with E-state index in [1.807, 2.05) is 63.7 Å². The predicted molar refractivity (Wildman–Crippen MR) is 90.5 cm³/mol. The predicted octanol–water partition coefficient (Wildman–Crippen LogP) is 2.64. The first kappa shape index (κ1) is 17.1. The van der Waals surface area contributed by atoms with Crippen LogP contribution in [0.3, 0.4) is 0 Å². The van der Waals surface area contributed by atoms with Gasteiger partial charge in [-0.15, -0.1) is 0 Å². The van der Waals surface area contributed by atoms with Crippen LogP contribution in [0.5, 0.6) is 5.75 Å². The van der Waals surface area contributed by atoms with Crippen molar-refractivity contribution in [1.82, 2.24) is 15.1 Å². The number of ether oxygens (including phenoxy) is 1. The van der Waals surface area contributed by atoms with Gasteiger partial charge in [-0.1, -0.05) is 12.1 Å². The molecular formula is C18H25N3O2. The van der Waals surface area contributed by atoms with Crippen LogP contribution in [0.1, 0.15) is 36.4 Å². The lowest BCUT2D eigenvalue weighted by molar-refractivity contribution is -0.125. The SMILES string of the molecule is COc1ccc(C(C)(C)C(=O)NCc2c(C)nn(C)c2C)cc1. The quantitative estimate of drug-likeness (QED) is 0.923. The second kappa shape index (κ2) is 6.44. The first-order chi connectivity index (χ1) is 10.8. The van der Waals surface area contributed by atoms with Crippen LogP contribution in [0, 0.1) is 13.8 Å². The summed E-state index contributed by atoms with van der Waals surface area (Å²) in [5, 5.41) is 7.42. The summed E-state index contributed by atoms with van der Waals surface area (Å²) >= 11 is 0. The molecule has 0 radical (unpaired) electrons. The molecule has 124 valence electrons. The van der Waals surface area contributed by atoms with E-state index in [9.17, 15) is 4.79 Å². The minimum Gasteiger partial charge on any atom is -0.497 e. The van der Waals surface area contributed by atoms with Crippen LogP contribution in [0.25, 0.3) is 0 Å². The average molecular weight is 315 g/mol. The molecule has 1 aromatic carbocycles. The molecule has 1 N–H and O–H groups in total. The molecular weight excluding hydrogens is 290 g/mol. The van der Waals surface area contributed by atoms with Crippen LogP contribution >= 0.6 is 0 Å². The maximum Gasteiger partial charge on any atom is 0.230 e. The molecule has 1 aromatic heterocycles. The van der Waals surface area contributed by atoms with Gasteiger partial charge >= 0.3 is 0 Å². The van der Waals surface area contributed by atoms with E-state index >= 15 is 0 Å². The molecule has 0 atom stereocenters. The molecule has 0 aliphatic carbocycles. The van der Waals surface area contributed by atoms with Crippen molar-refractivity contribution in [1.29, 1.82) is 0 Å². The number of hydrogen-bond donors (Lipinski definition) is 1. The maximum atomic E-state index is 12.7. The van der Waals surface area contributed by atoms with E-state index in [0.29, 0.717) is 6.54 Å². The molecule has 0 fully saturated rings.